The van der Waals surface area contributed by atoms with Crippen LogP contribution < -0.4 is 14.8 Å². The molecule has 0 spiro atoms. The van der Waals surface area contributed by atoms with E-state index in [2.05, 4.69) is 32.3 Å². The van der Waals surface area contributed by atoms with Gasteiger partial charge in [0.15, 0.2) is 0 Å². The van der Waals surface area contributed by atoms with Crippen LogP contribution in [-0.2, 0) is 0 Å². The van der Waals surface area contributed by atoms with Crippen LogP contribution >= 0.6 is 0 Å². The Morgan fingerprint density at radius 1 is 0.900 bits per heavy atom. The van der Waals surface area contributed by atoms with Crippen LogP contribution in [0.5, 0.6) is 11.5 Å². The second-order valence-corrected chi connectivity index (χ2v) is 7.49. The van der Waals surface area contributed by atoms with E-state index >= 15 is 0 Å². The second kappa shape index (κ2) is 9.59. The van der Waals surface area contributed by atoms with Crippen molar-refractivity contribution in [1.82, 2.24) is 14.9 Å². The van der Waals surface area contributed by atoms with E-state index in [0.29, 0.717) is 0 Å². The molecule has 6 nitrogen and oxygen atoms in total. The molecule has 2 aromatic carbocycles. The quantitative estimate of drug-likeness (QED) is 0.600. The molecule has 0 amide bonds. The zero-order valence-electron chi connectivity index (χ0n) is 17.5. The van der Waals surface area contributed by atoms with Crippen LogP contribution in [0.3, 0.4) is 0 Å². The summed E-state index contributed by atoms with van der Waals surface area (Å²) in [7, 11) is 3.36. The Kier molecular flexibility index (Phi) is 6.44. The maximum atomic E-state index is 5.32. The highest BCUT2D eigenvalue weighted by molar-refractivity contribution is 5.63. The maximum Gasteiger partial charge on any atom is 0.130 e. The minimum absolute atomic E-state index is 0.132. The summed E-state index contributed by atoms with van der Waals surface area (Å²) in [5, 5.41) is 3.63. The first-order valence-electron chi connectivity index (χ1n) is 10.3. The van der Waals surface area contributed by atoms with Crippen molar-refractivity contribution in [2.24, 2.45) is 0 Å². The Morgan fingerprint density at radius 2 is 1.53 bits per heavy atom. The fourth-order valence-electron chi connectivity index (χ4n) is 3.83. The van der Waals surface area contributed by atoms with Crippen LogP contribution in [0.4, 0.5) is 5.82 Å². The van der Waals surface area contributed by atoms with Gasteiger partial charge in [-0.1, -0.05) is 12.1 Å². The molecular weight excluding hydrogens is 376 g/mol. The van der Waals surface area contributed by atoms with Crippen molar-refractivity contribution < 1.29 is 9.47 Å². The van der Waals surface area contributed by atoms with Crippen molar-refractivity contribution >= 4 is 5.82 Å². The third-order valence-electron chi connectivity index (χ3n) is 5.53. The van der Waals surface area contributed by atoms with Gasteiger partial charge in [-0.15, -0.1) is 0 Å². The Bertz CT molecular complexity index is 938. The molecule has 1 unspecified atom stereocenters. The Morgan fingerprint density at radius 3 is 2.17 bits per heavy atom. The summed E-state index contributed by atoms with van der Waals surface area (Å²) in [4.78, 5) is 11.4. The predicted molar refractivity (Wildman–Crippen MR) is 119 cm³/mol. The van der Waals surface area contributed by atoms with Crippen LogP contribution in [0.15, 0.2) is 60.9 Å². The van der Waals surface area contributed by atoms with E-state index in [1.54, 1.807) is 20.5 Å². The first kappa shape index (κ1) is 20.2. The highest BCUT2D eigenvalue weighted by Crippen LogP contribution is 2.26. The van der Waals surface area contributed by atoms with Crippen LogP contribution in [0.2, 0.25) is 0 Å². The molecule has 6 heteroatoms. The van der Waals surface area contributed by atoms with Crippen LogP contribution in [-0.4, -0.2) is 48.7 Å². The number of likely N-dealkylation sites (tertiary alicyclic amines) is 1. The van der Waals surface area contributed by atoms with Gasteiger partial charge < -0.3 is 19.7 Å². The zero-order chi connectivity index (χ0) is 20.8. The highest BCUT2D eigenvalue weighted by Gasteiger charge is 2.20. The summed E-state index contributed by atoms with van der Waals surface area (Å²) in [6, 6.07) is 18.3. The van der Waals surface area contributed by atoms with Gasteiger partial charge in [-0.2, -0.15) is 0 Å². The Hall–Kier alpha value is -3.12. The molecule has 156 valence electrons. The van der Waals surface area contributed by atoms with E-state index in [4.69, 9.17) is 9.47 Å². The number of benzene rings is 2. The molecule has 1 fully saturated rings. The third-order valence-corrected chi connectivity index (χ3v) is 5.53. The fraction of sp³-hybridized carbons (Fsp3) is 0.333. The van der Waals surface area contributed by atoms with Crippen molar-refractivity contribution in [2.75, 3.05) is 39.2 Å². The zero-order valence-corrected chi connectivity index (χ0v) is 17.5. The van der Waals surface area contributed by atoms with E-state index in [9.17, 15) is 0 Å². The average Bonchev–Trinajstić information content (AvgIpc) is 3.32. The molecule has 1 atom stereocenters. The van der Waals surface area contributed by atoms with Gasteiger partial charge in [0.1, 0.15) is 23.6 Å². The van der Waals surface area contributed by atoms with E-state index in [0.717, 1.165) is 48.2 Å². The minimum atomic E-state index is 0.132. The topological polar surface area (TPSA) is 59.5 Å². The molecule has 0 saturated carbocycles. The summed E-state index contributed by atoms with van der Waals surface area (Å²) in [5.74, 6) is 2.51. The molecular formula is C24H28N4O2. The van der Waals surface area contributed by atoms with Gasteiger partial charge in [-0.25, -0.2) is 9.97 Å². The lowest BCUT2D eigenvalue weighted by molar-refractivity contribution is 0.323. The van der Waals surface area contributed by atoms with Crippen molar-refractivity contribution in [3.8, 4) is 22.8 Å². The Balaban J connectivity index is 1.56. The number of ether oxygens (including phenoxy) is 2. The van der Waals surface area contributed by atoms with Gasteiger partial charge >= 0.3 is 0 Å². The monoisotopic (exact) mass is 404 g/mol. The molecule has 0 radical (unpaired) electrons. The lowest BCUT2D eigenvalue weighted by Gasteiger charge is -2.25. The van der Waals surface area contributed by atoms with Crippen molar-refractivity contribution in [2.45, 2.75) is 18.9 Å². The number of hydrogen-bond acceptors (Lipinski definition) is 6. The molecule has 1 N–H and O–H groups in total. The van der Waals surface area contributed by atoms with E-state index < -0.39 is 0 Å². The molecule has 2 heterocycles. The van der Waals surface area contributed by atoms with Crippen LogP contribution in [0.1, 0.15) is 24.4 Å². The molecule has 1 aromatic heterocycles. The number of hydrogen-bond donors (Lipinski definition) is 1. The number of rotatable bonds is 8. The van der Waals surface area contributed by atoms with E-state index in [1.165, 1.54) is 18.4 Å². The molecule has 4 rings (SSSR count). The SMILES string of the molecule is COc1ccc(-c2cc(NC(CN3CCCC3)c3ccc(OC)cc3)ncn2)cc1. The van der Waals surface area contributed by atoms with Crippen LogP contribution in [0.25, 0.3) is 11.3 Å². The highest BCUT2D eigenvalue weighted by atomic mass is 16.5. The smallest absolute Gasteiger partial charge is 0.130 e. The molecule has 30 heavy (non-hydrogen) atoms. The van der Waals surface area contributed by atoms with Crippen molar-refractivity contribution in [3.05, 3.63) is 66.5 Å². The number of nitrogens with one attached hydrogen (secondary N) is 1. The van der Waals surface area contributed by atoms with Gasteiger partial charge in [0.2, 0.25) is 0 Å². The standard InChI is InChI=1S/C24H28N4O2/c1-29-20-9-5-18(6-10-20)22-15-24(26-17-25-22)27-23(16-28-13-3-4-14-28)19-7-11-21(30-2)12-8-19/h5-12,15,17,23H,3-4,13-14,16H2,1-2H3,(H,25,26,27). The summed E-state index contributed by atoms with van der Waals surface area (Å²) < 4.78 is 10.6. The van der Waals surface area contributed by atoms with Gasteiger partial charge in [0.25, 0.3) is 0 Å². The van der Waals surface area contributed by atoms with Gasteiger partial charge in [-0.3, -0.25) is 0 Å². The lowest BCUT2D eigenvalue weighted by atomic mass is 10.1. The molecule has 1 saturated heterocycles. The summed E-state index contributed by atoms with van der Waals surface area (Å²) in [6.45, 7) is 3.23. The van der Waals surface area contributed by atoms with Crippen molar-refractivity contribution in [3.63, 3.8) is 0 Å². The summed E-state index contributed by atoms with van der Waals surface area (Å²) in [6.07, 6.45) is 4.15. The third kappa shape index (κ3) is 4.89. The van der Waals surface area contributed by atoms with Gasteiger partial charge in [0.05, 0.1) is 26.0 Å². The second-order valence-electron chi connectivity index (χ2n) is 7.49. The average molecular weight is 405 g/mol. The molecule has 1 aliphatic heterocycles. The molecule has 1 aliphatic rings. The molecule has 3 aromatic rings. The lowest BCUT2D eigenvalue weighted by Crippen LogP contribution is -2.29. The number of anilines is 1. The first-order valence-corrected chi connectivity index (χ1v) is 10.3. The number of nitrogens with zero attached hydrogens (tertiary/aromatic N) is 3. The Labute approximate surface area is 177 Å². The normalized spacial score (nSPS) is 15.0. The minimum Gasteiger partial charge on any atom is -0.497 e. The van der Waals surface area contributed by atoms with Crippen LogP contribution in [0, 0.1) is 0 Å². The van der Waals surface area contributed by atoms with Gasteiger partial charge in [-0.05, 0) is 67.9 Å². The first-order chi connectivity index (χ1) is 14.7. The number of methoxy groups -OCH3 is 2. The molecule has 0 aliphatic carbocycles. The number of aromatic nitrogens is 2. The van der Waals surface area contributed by atoms with E-state index in [1.807, 2.05) is 42.5 Å². The maximum absolute atomic E-state index is 5.32. The molecule has 0 bridgehead atoms. The predicted octanol–water partition coefficient (Wildman–Crippen LogP) is 4.41. The summed E-state index contributed by atoms with van der Waals surface area (Å²) >= 11 is 0. The fourth-order valence-corrected chi connectivity index (χ4v) is 3.83. The largest absolute Gasteiger partial charge is 0.497 e. The van der Waals surface area contributed by atoms with E-state index in [-0.39, 0.29) is 6.04 Å². The van der Waals surface area contributed by atoms with Crippen molar-refractivity contribution in [1.29, 1.82) is 0 Å². The summed E-state index contributed by atoms with van der Waals surface area (Å²) in [5.41, 5.74) is 3.12. The van der Waals surface area contributed by atoms with Gasteiger partial charge in [0, 0.05) is 18.2 Å².